The molecule has 0 unspecified atom stereocenters. The van der Waals surface area contributed by atoms with Gasteiger partial charge in [0.1, 0.15) is 17.0 Å². The average molecular weight is 347 g/mol. The largest absolute Gasteiger partial charge is 0.369 e. The highest BCUT2D eigenvalue weighted by Gasteiger charge is 2.05. The van der Waals surface area contributed by atoms with Gasteiger partial charge in [-0.3, -0.25) is 0 Å². The quantitative estimate of drug-likeness (QED) is 0.742. The molecule has 23 heavy (non-hydrogen) atoms. The van der Waals surface area contributed by atoms with E-state index in [1.807, 2.05) is 35.7 Å². The van der Waals surface area contributed by atoms with E-state index in [0.717, 1.165) is 40.1 Å². The van der Waals surface area contributed by atoms with Crippen LogP contribution in [0.15, 0.2) is 42.0 Å². The molecule has 3 rings (SSSR count). The molecule has 0 spiro atoms. The van der Waals surface area contributed by atoms with Crippen LogP contribution in [0.5, 0.6) is 0 Å². The number of hydrogen-bond acceptors (Lipinski definition) is 6. The zero-order valence-corrected chi connectivity index (χ0v) is 14.3. The van der Waals surface area contributed by atoms with Gasteiger partial charge in [0, 0.05) is 12.8 Å². The Balaban J connectivity index is 1.59. The second kappa shape index (κ2) is 6.64. The summed E-state index contributed by atoms with van der Waals surface area (Å²) in [5.41, 5.74) is 1.98. The first-order chi connectivity index (χ1) is 11.0. The predicted octanol–water partition coefficient (Wildman–Crippen LogP) is 2.89. The van der Waals surface area contributed by atoms with Gasteiger partial charge < -0.3 is 5.32 Å². The van der Waals surface area contributed by atoms with Gasteiger partial charge in [0.25, 0.3) is 0 Å². The Labute approximate surface area is 139 Å². The maximum atomic E-state index is 11.3. The molecule has 0 bridgehead atoms. The second-order valence-corrected chi connectivity index (χ2v) is 8.46. The molecule has 5 nitrogen and oxygen atoms in total. The van der Waals surface area contributed by atoms with Crippen LogP contribution in [0.1, 0.15) is 11.1 Å². The minimum atomic E-state index is -2.98. The highest BCUT2D eigenvalue weighted by molar-refractivity contribution is 7.89. The van der Waals surface area contributed by atoms with Gasteiger partial charge in [-0.25, -0.2) is 18.4 Å². The fourth-order valence-electron chi connectivity index (χ4n) is 2.36. The lowest BCUT2D eigenvalue weighted by Gasteiger charge is -2.07. The summed E-state index contributed by atoms with van der Waals surface area (Å²) in [4.78, 5) is 9.49. The van der Waals surface area contributed by atoms with Gasteiger partial charge in [0.2, 0.25) is 0 Å². The molecule has 0 amide bonds. The number of sulfone groups is 1. The van der Waals surface area contributed by atoms with Crippen molar-refractivity contribution in [3.8, 4) is 0 Å². The summed E-state index contributed by atoms with van der Waals surface area (Å²) in [6.07, 6.45) is 3.66. The summed E-state index contributed by atoms with van der Waals surface area (Å²) in [7, 11) is -2.98. The third-order valence-electron chi connectivity index (χ3n) is 3.42. The topological polar surface area (TPSA) is 72.0 Å². The third kappa shape index (κ3) is 4.27. The number of rotatable bonds is 6. The number of aromatic nitrogens is 2. The zero-order valence-electron chi connectivity index (χ0n) is 12.7. The van der Waals surface area contributed by atoms with Crippen molar-refractivity contribution in [2.45, 2.75) is 12.2 Å². The maximum Gasteiger partial charge on any atom is 0.151 e. The molecule has 3 aromatic rings. The van der Waals surface area contributed by atoms with Crippen molar-refractivity contribution >= 4 is 37.2 Å². The molecule has 0 saturated heterocycles. The monoisotopic (exact) mass is 347 g/mol. The van der Waals surface area contributed by atoms with E-state index in [1.54, 1.807) is 17.7 Å². The Morgan fingerprint density at radius 2 is 1.83 bits per heavy atom. The summed E-state index contributed by atoms with van der Waals surface area (Å²) in [6, 6.07) is 9.71. The first kappa shape index (κ1) is 15.9. The molecule has 0 radical (unpaired) electrons. The molecule has 0 saturated carbocycles. The summed E-state index contributed by atoms with van der Waals surface area (Å²) in [5.74, 6) is 0.938. The number of fused-ring (bicyclic) bond motifs is 1. The maximum absolute atomic E-state index is 11.3. The summed E-state index contributed by atoms with van der Waals surface area (Å²) in [5, 5.41) is 6.38. The number of anilines is 1. The van der Waals surface area contributed by atoms with E-state index >= 15 is 0 Å². The molecule has 2 aromatic heterocycles. The standard InChI is InChI=1S/C16H17N3O2S2/c1-23(20,21)10-13-4-2-12(3-5-13)6-8-17-15-14-7-9-22-16(14)19-11-18-15/h2-5,7,9,11H,6,8,10H2,1H3,(H,17,18,19). The molecule has 7 heteroatoms. The van der Waals surface area contributed by atoms with Crippen LogP contribution in [0.2, 0.25) is 0 Å². The van der Waals surface area contributed by atoms with E-state index in [2.05, 4.69) is 15.3 Å². The summed E-state index contributed by atoms with van der Waals surface area (Å²) >= 11 is 1.60. The van der Waals surface area contributed by atoms with Crippen molar-refractivity contribution in [2.24, 2.45) is 0 Å². The van der Waals surface area contributed by atoms with E-state index in [4.69, 9.17) is 0 Å². The molecule has 120 valence electrons. The smallest absolute Gasteiger partial charge is 0.151 e. The van der Waals surface area contributed by atoms with E-state index < -0.39 is 9.84 Å². The molecule has 0 aliphatic carbocycles. The number of benzene rings is 1. The Morgan fingerprint density at radius 3 is 2.57 bits per heavy atom. The van der Waals surface area contributed by atoms with Crippen LogP contribution in [0.25, 0.3) is 10.2 Å². The van der Waals surface area contributed by atoms with Crippen LogP contribution in [0, 0.1) is 0 Å². The van der Waals surface area contributed by atoms with Crippen molar-refractivity contribution in [1.29, 1.82) is 0 Å². The number of nitrogens with zero attached hydrogens (tertiary/aromatic N) is 2. The molecule has 0 aliphatic rings. The van der Waals surface area contributed by atoms with Crippen LogP contribution < -0.4 is 5.32 Å². The van der Waals surface area contributed by atoms with E-state index in [1.165, 1.54) is 6.26 Å². The molecule has 0 aliphatic heterocycles. The van der Waals surface area contributed by atoms with Gasteiger partial charge in [0.15, 0.2) is 9.84 Å². The molecular weight excluding hydrogens is 330 g/mol. The average Bonchev–Trinajstić information content (AvgIpc) is 2.97. The van der Waals surface area contributed by atoms with Crippen molar-refractivity contribution < 1.29 is 8.42 Å². The van der Waals surface area contributed by atoms with Crippen molar-refractivity contribution in [3.05, 3.63) is 53.2 Å². The Kier molecular flexibility index (Phi) is 4.58. The first-order valence-corrected chi connectivity index (χ1v) is 10.1. The van der Waals surface area contributed by atoms with Crippen molar-refractivity contribution in [2.75, 3.05) is 18.1 Å². The van der Waals surface area contributed by atoms with Crippen molar-refractivity contribution in [3.63, 3.8) is 0 Å². The third-order valence-corrected chi connectivity index (χ3v) is 5.10. The van der Waals surface area contributed by atoms with Crippen LogP contribution in [-0.4, -0.2) is 31.2 Å². The van der Waals surface area contributed by atoms with Crippen LogP contribution >= 0.6 is 11.3 Å². The fourth-order valence-corrected chi connectivity index (χ4v) is 3.89. The van der Waals surface area contributed by atoms with Crippen molar-refractivity contribution in [1.82, 2.24) is 9.97 Å². The molecule has 2 heterocycles. The van der Waals surface area contributed by atoms with Crippen LogP contribution in [0.3, 0.4) is 0 Å². The zero-order chi connectivity index (χ0) is 16.3. The number of thiophene rings is 1. The van der Waals surface area contributed by atoms with Crippen LogP contribution in [-0.2, 0) is 22.0 Å². The van der Waals surface area contributed by atoms with Gasteiger partial charge >= 0.3 is 0 Å². The van der Waals surface area contributed by atoms with Crippen LogP contribution in [0.4, 0.5) is 5.82 Å². The Hall–Kier alpha value is -1.99. The van der Waals surface area contributed by atoms with Gasteiger partial charge in [-0.05, 0) is 29.0 Å². The SMILES string of the molecule is CS(=O)(=O)Cc1ccc(CCNc2ncnc3sccc23)cc1. The minimum absolute atomic E-state index is 0.0859. The Bertz CT molecular complexity index is 902. The van der Waals surface area contributed by atoms with Gasteiger partial charge in [-0.1, -0.05) is 24.3 Å². The lowest BCUT2D eigenvalue weighted by atomic mass is 10.1. The molecule has 1 N–H and O–H groups in total. The lowest BCUT2D eigenvalue weighted by Crippen LogP contribution is -2.07. The summed E-state index contributed by atoms with van der Waals surface area (Å²) in [6.45, 7) is 0.757. The molecular formula is C16H17N3O2S2. The molecule has 1 aromatic carbocycles. The normalized spacial score (nSPS) is 11.7. The van der Waals surface area contributed by atoms with E-state index in [9.17, 15) is 8.42 Å². The summed E-state index contributed by atoms with van der Waals surface area (Å²) < 4.78 is 22.6. The van der Waals surface area contributed by atoms with E-state index in [-0.39, 0.29) is 5.75 Å². The second-order valence-electron chi connectivity index (χ2n) is 5.43. The number of hydrogen-bond donors (Lipinski definition) is 1. The molecule has 0 fully saturated rings. The lowest BCUT2D eigenvalue weighted by molar-refractivity contribution is 0.601. The molecule has 0 atom stereocenters. The highest BCUT2D eigenvalue weighted by atomic mass is 32.2. The Morgan fingerprint density at radius 1 is 1.09 bits per heavy atom. The van der Waals surface area contributed by atoms with E-state index in [0.29, 0.717) is 0 Å². The van der Waals surface area contributed by atoms with Gasteiger partial charge in [-0.2, -0.15) is 0 Å². The van der Waals surface area contributed by atoms with Gasteiger partial charge in [0.05, 0.1) is 11.1 Å². The predicted molar refractivity (Wildman–Crippen MR) is 94.6 cm³/mol. The highest BCUT2D eigenvalue weighted by Crippen LogP contribution is 2.23. The first-order valence-electron chi connectivity index (χ1n) is 7.19. The number of nitrogens with one attached hydrogen (secondary N) is 1. The van der Waals surface area contributed by atoms with Gasteiger partial charge in [-0.15, -0.1) is 11.3 Å². The minimum Gasteiger partial charge on any atom is -0.369 e. The fraction of sp³-hybridized carbons (Fsp3) is 0.250.